The van der Waals surface area contributed by atoms with Crippen LogP contribution in [-0.4, -0.2) is 86.2 Å². The number of aryl methyl sites for hydroxylation is 1. The maximum absolute atomic E-state index is 13.5. The summed E-state index contributed by atoms with van der Waals surface area (Å²) in [4.78, 5) is 30.7. The van der Waals surface area contributed by atoms with Gasteiger partial charge in [0.25, 0.3) is 15.7 Å². The van der Waals surface area contributed by atoms with Crippen LogP contribution in [0.3, 0.4) is 0 Å². The van der Waals surface area contributed by atoms with E-state index in [1.165, 1.54) is 23.4 Å². The van der Waals surface area contributed by atoms with Crippen LogP contribution in [0.5, 0.6) is 0 Å². The molecule has 2 N–H and O–H groups in total. The molecule has 2 fully saturated rings. The number of hydrogen-bond acceptors (Lipinski definition) is 10. The molecule has 0 saturated carbocycles. The van der Waals surface area contributed by atoms with Crippen LogP contribution in [-0.2, 0) is 37.1 Å². The summed E-state index contributed by atoms with van der Waals surface area (Å²) in [5.41, 5.74) is 5.39. The monoisotopic (exact) mass is 647 g/mol. The Kier molecular flexibility index (Phi) is 8.68. The van der Waals surface area contributed by atoms with E-state index >= 15 is 0 Å². The number of piperazine rings is 1. The summed E-state index contributed by atoms with van der Waals surface area (Å²) < 4.78 is 47.9. The molecule has 0 aliphatic carbocycles. The van der Waals surface area contributed by atoms with E-state index in [4.69, 9.17) is 19.1 Å². The smallest absolute Gasteiger partial charge is 0.332 e. The van der Waals surface area contributed by atoms with E-state index in [0.717, 1.165) is 42.7 Å². The molecule has 0 amide bonds. The molecule has 1 aromatic heterocycles. The van der Waals surface area contributed by atoms with Crippen molar-refractivity contribution in [1.82, 2.24) is 18.9 Å². The van der Waals surface area contributed by atoms with Crippen molar-refractivity contribution >= 4 is 18.4 Å². The van der Waals surface area contributed by atoms with Crippen molar-refractivity contribution in [2.45, 2.75) is 76.4 Å². The number of benzene rings is 1. The largest absolute Gasteiger partial charge is 0.406 e. The number of ether oxygens (including phenoxy) is 1. The van der Waals surface area contributed by atoms with Crippen molar-refractivity contribution in [3.05, 3.63) is 79.6 Å². The Morgan fingerprint density at radius 1 is 1.07 bits per heavy atom. The van der Waals surface area contributed by atoms with E-state index in [2.05, 4.69) is 42.7 Å². The van der Waals surface area contributed by atoms with Gasteiger partial charge in [0.15, 0.2) is 20.1 Å². The molecule has 3 aliphatic rings. The van der Waals surface area contributed by atoms with Crippen molar-refractivity contribution in [2.75, 3.05) is 32.7 Å². The van der Waals surface area contributed by atoms with Gasteiger partial charge in [0.2, 0.25) is 0 Å². The molecule has 1 spiro atoms. The molecule has 12 nitrogen and oxygen atoms in total. The highest BCUT2D eigenvalue weighted by Crippen LogP contribution is 2.51. The fourth-order valence-corrected chi connectivity index (χ4v) is 8.47. The average Bonchev–Trinajstić information content (AvgIpc) is 3.36. The molecule has 0 radical (unpaired) electrons. The molecule has 3 aliphatic heterocycles. The summed E-state index contributed by atoms with van der Waals surface area (Å²) in [6.07, 6.45) is -1.64. The molecule has 2 saturated heterocycles. The lowest BCUT2D eigenvalue weighted by Crippen LogP contribution is -2.60. The summed E-state index contributed by atoms with van der Waals surface area (Å²) in [6, 6.07) is 10.3. The number of nitrogens with zero attached hydrogens (tertiary/aromatic N) is 4. The first-order valence-corrected chi connectivity index (χ1v) is 19.4. The fourth-order valence-electron chi connectivity index (χ4n) is 5.96. The molecule has 2 aromatic rings. The SMILES string of the molecule is Cc1cn([C@@H]2OC(CN3CCN(Cc4ccccc4)CC3)C3(OS(=O)(=O)C=C3N)[C@H]2O[Si](C)(C)C(C)(C)C)c(=O)n(C)c1=O. The van der Waals surface area contributed by atoms with E-state index in [1.807, 2.05) is 31.3 Å². The second kappa shape index (κ2) is 11.6. The zero-order valence-electron chi connectivity index (χ0n) is 26.6. The molecule has 4 heterocycles. The number of hydrogen-bond donors (Lipinski definition) is 1. The summed E-state index contributed by atoms with van der Waals surface area (Å²) in [7, 11) is -5.41. The van der Waals surface area contributed by atoms with Crippen LogP contribution in [0.1, 0.15) is 38.1 Å². The fraction of sp³-hybridized carbons (Fsp3) is 0.600. The molecular weight excluding hydrogens is 603 g/mol. The van der Waals surface area contributed by atoms with Gasteiger partial charge in [-0.2, -0.15) is 8.42 Å². The van der Waals surface area contributed by atoms with Gasteiger partial charge in [-0.15, -0.1) is 0 Å². The molecular formula is C30H45N5O7SSi. The number of nitrogens with two attached hydrogens (primary N) is 1. The highest BCUT2D eigenvalue weighted by atomic mass is 32.2. The van der Waals surface area contributed by atoms with Gasteiger partial charge in [-0.05, 0) is 30.6 Å². The minimum atomic E-state index is -4.17. The topological polar surface area (TPSA) is 138 Å². The Morgan fingerprint density at radius 3 is 2.25 bits per heavy atom. The summed E-state index contributed by atoms with van der Waals surface area (Å²) in [5.74, 6) is 0. The van der Waals surface area contributed by atoms with Crippen molar-refractivity contribution in [1.29, 1.82) is 0 Å². The van der Waals surface area contributed by atoms with Crippen molar-refractivity contribution in [3.63, 3.8) is 0 Å². The van der Waals surface area contributed by atoms with Crippen molar-refractivity contribution in [3.8, 4) is 0 Å². The van der Waals surface area contributed by atoms with Gasteiger partial charge in [0.05, 0.1) is 11.1 Å². The first-order valence-electron chi connectivity index (χ1n) is 15.0. The Balaban J connectivity index is 1.52. The lowest BCUT2D eigenvalue weighted by atomic mass is 9.88. The van der Waals surface area contributed by atoms with Crippen LogP contribution >= 0.6 is 0 Å². The van der Waals surface area contributed by atoms with E-state index in [1.54, 1.807) is 6.92 Å². The zero-order valence-corrected chi connectivity index (χ0v) is 28.5. The predicted molar refractivity (Wildman–Crippen MR) is 170 cm³/mol. The minimum Gasteiger partial charge on any atom is -0.406 e. The quantitative estimate of drug-likeness (QED) is 0.350. The lowest BCUT2D eigenvalue weighted by Gasteiger charge is -2.44. The standard InChI is InChI=1S/C30H45N5O7SSi/c1-21-17-35(28(37)32(5)26(21)36)27-25(41-44(6,7)29(2,3)4)30(23(31)20-43(38,39)42-30)24(40-27)19-34-15-13-33(14-16-34)18-22-11-9-8-10-12-22/h8-12,17,20,24-25,27H,13-16,18-19,31H2,1-7H3/t24?,25-,27+,30?/m0/s1. The second-order valence-electron chi connectivity index (χ2n) is 13.7. The molecule has 4 atom stereocenters. The Hall–Kier alpha value is -2.59. The Bertz CT molecular complexity index is 1640. The van der Waals surface area contributed by atoms with E-state index in [-0.39, 0.29) is 10.7 Å². The molecule has 1 aromatic carbocycles. The van der Waals surface area contributed by atoms with Gasteiger partial charge in [-0.25, -0.2) is 8.98 Å². The highest BCUT2D eigenvalue weighted by molar-refractivity contribution is 7.90. The van der Waals surface area contributed by atoms with Crippen LogP contribution in [0, 0.1) is 6.92 Å². The molecule has 5 rings (SSSR count). The minimum absolute atomic E-state index is 0.0222. The number of aromatic nitrogens is 2. The number of rotatable bonds is 7. The summed E-state index contributed by atoms with van der Waals surface area (Å²) in [5, 5.41) is 0.659. The molecule has 14 heteroatoms. The maximum Gasteiger partial charge on any atom is 0.332 e. The Morgan fingerprint density at radius 2 is 1.68 bits per heavy atom. The molecule has 44 heavy (non-hydrogen) atoms. The highest BCUT2D eigenvalue weighted by Gasteiger charge is 2.67. The third kappa shape index (κ3) is 6.00. The second-order valence-corrected chi connectivity index (χ2v) is 19.8. The first-order chi connectivity index (χ1) is 20.4. The maximum atomic E-state index is 13.5. The van der Waals surface area contributed by atoms with Crippen LogP contribution in [0.2, 0.25) is 18.1 Å². The molecule has 242 valence electrons. The van der Waals surface area contributed by atoms with Gasteiger partial charge in [-0.3, -0.25) is 23.7 Å². The summed E-state index contributed by atoms with van der Waals surface area (Å²) >= 11 is 0. The van der Waals surface area contributed by atoms with Gasteiger partial charge in [0, 0.05) is 58.1 Å². The van der Waals surface area contributed by atoms with Gasteiger partial charge >= 0.3 is 5.69 Å². The van der Waals surface area contributed by atoms with E-state index < -0.39 is 53.7 Å². The van der Waals surface area contributed by atoms with Gasteiger partial charge in [0.1, 0.15) is 12.2 Å². The molecule has 0 bridgehead atoms. The van der Waals surface area contributed by atoms with E-state index in [0.29, 0.717) is 12.1 Å². The van der Waals surface area contributed by atoms with Crippen LogP contribution in [0.25, 0.3) is 0 Å². The van der Waals surface area contributed by atoms with Crippen molar-refractivity contribution in [2.24, 2.45) is 12.8 Å². The first kappa shape index (κ1) is 32.8. The third-order valence-electron chi connectivity index (χ3n) is 9.56. The van der Waals surface area contributed by atoms with Crippen LogP contribution in [0.15, 0.2) is 57.2 Å². The third-order valence-corrected chi connectivity index (χ3v) is 15.1. The normalized spacial score (nSPS) is 28.1. The van der Waals surface area contributed by atoms with Crippen molar-refractivity contribution < 1.29 is 21.8 Å². The van der Waals surface area contributed by atoms with Crippen LogP contribution in [0.4, 0.5) is 0 Å². The summed E-state index contributed by atoms with van der Waals surface area (Å²) in [6.45, 7) is 16.1. The lowest BCUT2D eigenvalue weighted by molar-refractivity contribution is -0.0548. The zero-order chi connectivity index (χ0) is 32.2. The van der Waals surface area contributed by atoms with Gasteiger partial charge < -0.3 is 14.9 Å². The van der Waals surface area contributed by atoms with Gasteiger partial charge in [-0.1, -0.05) is 51.1 Å². The van der Waals surface area contributed by atoms with Crippen LogP contribution < -0.4 is 17.0 Å². The van der Waals surface area contributed by atoms with E-state index in [9.17, 15) is 18.0 Å². The predicted octanol–water partition coefficient (Wildman–Crippen LogP) is 1.86. The average molecular weight is 648 g/mol. The molecule has 2 unspecified atom stereocenters. The Labute approximate surface area is 260 Å².